The summed E-state index contributed by atoms with van der Waals surface area (Å²) < 4.78 is 30.7. The van der Waals surface area contributed by atoms with Crippen LogP contribution in [-0.4, -0.2) is 33.7 Å². The summed E-state index contributed by atoms with van der Waals surface area (Å²) in [4.78, 5) is 3.83. The molecule has 0 bridgehead atoms. The Balaban J connectivity index is 2.64. The Morgan fingerprint density at radius 3 is 2.94 bits per heavy atom. The van der Waals surface area contributed by atoms with Crippen LogP contribution in [0.4, 0.5) is 0 Å². The molecule has 16 heavy (non-hydrogen) atoms. The molecule has 5 nitrogen and oxygen atoms in total. The Morgan fingerprint density at radius 1 is 1.56 bits per heavy atom. The van der Waals surface area contributed by atoms with E-state index in [4.69, 9.17) is 16.3 Å². The van der Waals surface area contributed by atoms with E-state index in [1.54, 1.807) is 7.11 Å². The number of halogens is 1. The van der Waals surface area contributed by atoms with Gasteiger partial charge in [0, 0.05) is 26.5 Å². The zero-order valence-electron chi connectivity index (χ0n) is 8.81. The average Bonchev–Trinajstić information content (AvgIpc) is 2.24. The lowest BCUT2D eigenvalue weighted by molar-refractivity contribution is 0.196. The minimum Gasteiger partial charge on any atom is -0.385 e. The quantitative estimate of drug-likeness (QED) is 0.616. The largest absolute Gasteiger partial charge is 0.385 e. The monoisotopic (exact) mass is 264 g/mol. The minimum atomic E-state index is -3.49. The van der Waals surface area contributed by atoms with E-state index in [9.17, 15) is 8.42 Å². The molecule has 7 heteroatoms. The molecule has 1 N–H and O–H groups in total. The van der Waals surface area contributed by atoms with E-state index in [0.717, 1.165) is 0 Å². The van der Waals surface area contributed by atoms with Gasteiger partial charge in [0.2, 0.25) is 10.0 Å². The van der Waals surface area contributed by atoms with Gasteiger partial charge in [0.05, 0.1) is 4.90 Å². The van der Waals surface area contributed by atoms with E-state index in [1.807, 2.05) is 0 Å². The van der Waals surface area contributed by atoms with Gasteiger partial charge >= 0.3 is 0 Å². The van der Waals surface area contributed by atoms with Gasteiger partial charge in [-0.15, -0.1) is 0 Å². The third-order valence-corrected chi connectivity index (χ3v) is 3.49. The van der Waals surface area contributed by atoms with E-state index in [2.05, 4.69) is 9.71 Å². The lowest BCUT2D eigenvalue weighted by Gasteiger charge is -2.06. The summed E-state index contributed by atoms with van der Waals surface area (Å²) in [6.45, 7) is 0.843. The topological polar surface area (TPSA) is 68.3 Å². The van der Waals surface area contributed by atoms with Crippen molar-refractivity contribution in [1.82, 2.24) is 9.71 Å². The maximum atomic E-state index is 11.7. The summed E-state index contributed by atoms with van der Waals surface area (Å²) in [7, 11) is -1.93. The fourth-order valence-corrected chi connectivity index (χ4v) is 2.38. The number of hydrogen-bond acceptors (Lipinski definition) is 4. The van der Waals surface area contributed by atoms with Crippen LogP contribution in [-0.2, 0) is 14.8 Å². The molecule has 0 fully saturated rings. The number of pyridine rings is 1. The predicted octanol–water partition coefficient (Wildman–Crippen LogP) is 1.05. The number of methoxy groups -OCH3 is 1. The second kappa shape index (κ2) is 6.15. The fourth-order valence-electron chi connectivity index (χ4n) is 1.06. The maximum absolute atomic E-state index is 11.7. The van der Waals surface area contributed by atoms with Crippen LogP contribution in [0.1, 0.15) is 6.42 Å². The van der Waals surface area contributed by atoms with Gasteiger partial charge in [0.25, 0.3) is 0 Å². The lowest BCUT2D eigenvalue weighted by atomic mass is 10.5. The van der Waals surface area contributed by atoms with E-state index < -0.39 is 10.0 Å². The first-order valence-corrected chi connectivity index (χ1v) is 6.52. The van der Waals surface area contributed by atoms with Gasteiger partial charge < -0.3 is 4.74 Å². The van der Waals surface area contributed by atoms with Crippen molar-refractivity contribution in [1.29, 1.82) is 0 Å². The summed E-state index contributed by atoms with van der Waals surface area (Å²) in [5, 5.41) is 0.153. The number of nitrogens with one attached hydrogen (secondary N) is 1. The molecule has 0 aliphatic heterocycles. The van der Waals surface area contributed by atoms with Crippen LogP contribution in [0.5, 0.6) is 0 Å². The van der Waals surface area contributed by atoms with Crippen molar-refractivity contribution in [2.75, 3.05) is 20.3 Å². The van der Waals surface area contributed by atoms with Crippen molar-refractivity contribution in [2.45, 2.75) is 11.3 Å². The number of sulfonamides is 1. The first-order chi connectivity index (χ1) is 7.56. The van der Waals surface area contributed by atoms with E-state index in [1.165, 1.54) is 18.3 Å². The van der Waals surface area contributed by atoms with Crippen LogP contribution in [0.3, 0.4) is 0 Å². The van der Waals surface area contributed by atoms with Gasteiger partial charge in [-0.3, -0.25) is 0 Å². The second-order valence-corrected chi connectivity index (χ2v) is 5.21. The molecule has 0 unspecified atom stereocenters. The molecular formula is C9H13ClN2O3S. The molecule has 1 rings (SSSR count). The number of ether oxygens (including phenoxy) is 1. The van der Waals surface area contributed by atoms with Crippen molar-refractivity contribution in [2.24, 2.45) is 0 Å². The first-order valence-electron chi connectivity index (χ1n) is 4.66. The van der Waals surface area contributed by atoms with E-state index in [0.29, 0.717) is 19.6 Å². The molecule has 0 aromatic carbocycles. The number of aromatic nitrogens is 1. The molecule has 1 aromatic heterocycles. The van der Waals surface area contributed by atoms with E-state index >= 15 is 0 Å². The van der Waals surface area contributed by atoms with Gasteiger partial charge in [-0.2, -0.15) is 0 Å². The Labute approximate surface area is 99.8 Å². The Bertz CT molecular complexity index is 436. The van der Waals surface area contributed by atoms with Crippen LogP contribution in [0.15, 0.2) is 23.2 Å². The molecule has 1 heterocycles. The molecule has 90 valence electrons. The summed E-state index contributed by atoms with van der Waals surface area (Å²) in [5.41, 5.74) is 0. The lowest BCUT2D eigenvalue weighted by Crippen LogP contribution is -2.25. The SMILES string of the molecule is COCCCNS(=O)(=O)c1ccnc(Cl)c1. The molecule has 0 spiro atoms. The minimum absolute atomic E-state index is 0.116. The number of nitrogens with zero attached hydrogens (tertiary/aromatic N) is 1. The zero-order chi connectivity index (χ0) is 12.0. The Hall–Kier alpha value is -0.690. The molecule has 0 aliphatic rings. The van der Waals surface area contributed by atoms with Crippen molar-refractivity contribution >= 4 is 21.6 Å². The highest BCUT2D eigenvalue weighted by Crippen LogP contribution is 2.12. The molecule has 0 radical (unpaired) electrons. The molecule has 0 atom stereocenters. The smallest absolute Gasteiger partial charge is 0.240 e. The normalized spacial score (nSPS) is 11.6. The molecule has 0 saturated carbocycles. The van der Waals surface area contributed by atoms with Crippen molar-refractivity contribution < 1.29 is 13.2 Å². The highest BCUT2D eigenvalue weighted by Gasteiger charge is 2.13. The third kappa shape index (κ3) is 4.05. The third-order valence-electron chi connectivity index (χ3n) is 1.83. The number of rotatable bonds is 6. The van der Waals surface area contributed by atoms with Crippen LogP contribution in [0.25, 0.3) is 0 Å². The molecule has 1 aromatic rings. The van der Waals surface area contributed by atoms with Crippen molar-refractivity contribution in [3.8, 4) is 0 Å². The fraction of sp³-hybridized carbons (Fsp3) is 0.444. The Kier molecular flexibility index (Phi) is 5.14. The summed E-state index contributed by atoms with van der Waals surface area (Å²) in [6, 6.07) is 2.70. The van der Waals surface area contributed by atoms with Gasteiger partial charge in [-0.05, 0) is 18.6 Å². The zero-order valence-corrected chi connectivity index (χ0v) is 10.4. The van der Waals surface area contributed by atoms with Crippen LogP contribution >= 0.6 is 11.6 Å². The molecule has 0 aliphatic carbocycles. The summed E-state index contributed by atoms with van der Waals surface area (Å²) in [5.74, 6) is 0. The van der Waals surface area contributed by atoms with Crippen LogP contribution in [0, 0.1) is 0 Å². The highest BCUT2D eigenvalue weighted by molar-refractivity contribution is 7.89. The highest BCUT2D eigenvalue weighted by atomic mass is 35.5. The van der Waals surface area contributed by atoms with Crippen LogP contribution in [0.2, 0.25) is 5.15 Å². The first kappa shape index (κ1) is 13.4. The predicted molar refractivity (Wildman–Crippen MR) is 60.9 cm³/mol. The Morgan fingerprint density at radius 2 is 2.31 bits per heavy atom. The van der Waals surface area contributed by atoms with Crippen molar-refractivity contribution in [3.05, 3.63) is 23.5 Å². The van der Waals surface area contributed by atoms with Gasteiger partial charge in [0.15, 0.2) is 0 Å². The van der Waals surface area contributed by atoms with Crippen LogP contribution < -0.4 is 4.72 Å². The van der Waals surface area contributed by atoms with Gasteiger partial charge in [-0.1, -0.05) is 11.6 Å². The second-order valence-electron chi connectivity index (χ2n) is 3.06. The van der Waals surface area contributed by atoms with Gasteiger partial charge in [-0.25, -0.2) is 18.1 Å². The molecular weight excluding hydrogens is 252 g/mol. The molecule has 0 amide bonds. The number of hydrogen-bond donors (Lipinski definition) is 1. The van der Waals surface area contributed by atoms with E-state index in [-0.39, 0.29) is 10.0 Å². The molecule has 0 saturated heterocycles. The average molecular weight is 265 g/mol. The standard InChI is InChI=1S/C9H13ClN2O3S/c1-15-6-2-4-12-16(13,14)8-3-5-11-9(10)7-8/h3,5,7,12H,2,4,6H2,1H3. The summed E-state index contributed by atoms with van der Waals surface area (Å²) in [6.07, 6.45) is 1.97. The summed E-state index contributed by atoms with van der Waals surface area (Å²) >= 11 is 5.61. The van der Waals surface area contributed by atoms with Gasteiger partial charge in [0.1, 0.15) is 5.15 Å². The van der Waals surface area contributed by atoms with Crippen molar-refractivity contribution in [3.63, 3.8) is 0 Å². The maximum Gasteiger partial charge on any atom is 0.240 e.